The van der Waals surface area contributed by atoms with Crippen LogP contribution in [-0.2, 0) is 6.42 Å². The van der Waals surface area contributed by atoms with Crippen molar-refractivity contribution in [3.63, 3.8) is 0 Å². The number of anilines is 1. The molecule has 0 spiro atoms. The first-order chi connectivity index (χ1) is 16.3. The summed E-state index contributed by atoms with van der Waals surface area (Å²) in [4.78, 5) is 21.4. The summed E-state index contributed by atoms with van der Waals surface area (Å²) in [6.45, 7) is 4.10. The molecule has 4 heterocycles. The van der Waals surface area contributed by atoms with E-state index in [1.54, 1.807) is 6.20 Å². The summed E-state index contributed by atoms with van der Waals surface area (Å²) < 4.78 is 2.48. The number of para-hydroxylation sites is 3. The first kappa shape index (κ1) is 19.9. The maximum Gasteiger partial charge on any atom is 0.163 e. The van der Waals surface area contributed by atoms with E-state index in [1.165, 1.54) is 11.3 Å². The van der Waals surface area contributed by atoms with Gasteiger partial charge in [0, 0.05) is 48.9 Å². The van der Waals surface area contributed by atoms with Crippen LogP contribution in [0.25, 0.3) is 33.3 Å². The molecule has 6 rings (SSSR count). The zero-order chi connectivity index (χ0) is 22.2. The molecule has 1 fully saturated rings. The predicted molar refractivity (Wildman–Crippen MR) is 132 cm³/mol. The van der Waals surface area contributed by atoms with Gasteiger partial charge in [-0.3, -0.25) is 4.98 Å². The van der Waals surface area contributed by atoms with Gasteiger partial charge in [0.05, 0.1) is 16.6 Å². The van der Waals surface area contributed by atoms with Crippen LogP contribution in [0.1, 0.15) is 31.6 Å². The average Bonchev–Trinajstić information content (AvgIpc) is 3.27. The maximum atomic E-state index is 5.02. The highest BCUT2D eigenvalue weighted by Gasteiger charge is 2.26. The molecular weight excluding hydrogens is 408 g/mol. The predicted octanol–water partition coefficient (Wildman–Crippen LogP) is 5.45. The van der Waals surface area contributed by atoms with Gasteiger partial charge in [-0.25, -0.2) is 15.0 Å². The third-order valence-corrected chi connectivity index (χ3v) is 6.62. The number of benzene rings is 2. The lowest BCUT2D eigenvalue weighted by molar-refractivity contribution is 0.394. The van der Waals surface area contributed by atoms with E-state index in [4.69, 9.17) is 15.0 Å². The lowest BCUT2D eigenvalue weighted by atomic mass is 10.0. The smallest absolute Gasteiger partial charge is 0.163 e. The van der Waals surface area contributed by atoms with Crippen LogP contribution in [0.15, 0.2) is 73.1 Å². The topological polar surface area (TPSA) is 59.7 Å². The Morgan fingerprint density at radius 2 is 1.64 bits per heavy atom. The summed E-state index contributed by atoms with van der Waals surface area (Å²) in [5, 5.41) is 1.10. The summed E-state index contributed by atoms with van der Waals surface area (Å²) in [6, 6.07) is 21.2. The summed E-state index contributed by atoms with van der Waals surface area (Å²) in [5.41, 5.74) is 4.26. The number of nitrogens with zero attached hydrogens (tertiary/aromatic N) is 6. The zero-order valence-electron chi connectivity index (χ0n) is 18.7. The summed E-state index contributed by atoms with van der Waals surface area (Å²) in [7, 11) is 0. The van der Waals surface area contributed by atoms with Gasteiger partial charge >= 0.3 is 0 Å². The number of hydrogen-bond donors (Lipinski definition) is 0. The van der Waals surface area contributed by atoms with Crippen LogP contribution in [0.5, 0.6) is 0 Å². The SMILES string of the molecule is CCc1nc2ccccc2n1C1CCN(c2nc(-c3cccnc3)nc3ccccc23)CC1. The molecule has 0 aliphatic carbocycles. The fourth-order valence-corrected chi connectivity index (χ4v) is 5.01. The minimum absolute atomic E-state index is 0.453. The average molecular weight is 435 g/mol. The summed E-state index contributed by atoms with van der Waals surface area (Å²) >= 11 is 0. The van der Waals surface area contributed by atoms with E-state index in [9.17, 15) is 0 Å². The van der Waals surface area contributed by atoms with Crippen LogP contribution in [0, 0.1) is 0 Å². The quantitative estimate of drug-likeness (QED) is 0.377. The number of piperidine rings is 1. The van der Waals surface area contributed by atoms with Crippen molar-refractivity contribution in [1.82, 2.24) is 24.5 Å². The Hall–Kier alpha value is -3.80. The minimum atomic E-state index is 0.453. The molecule has 0 N–H and O–H groups in total. The van der Waals surface area contributed by atoms with Gasteiger partial charge in [-0.1, -0.05) is 31.2 Å². The van der Waals surface area contributed by atoms with Gasteiger partial charge in [0.25, 0.3) is 0 Å². The minimum Gasteiger partial charge on any atom is -0.356 e. The second-order valence-corrected chi connectivity index (χ2v) is 8.59. The molecule has 2 aromatic carbocycles. The second kappa shape index (κ2) is 8.28. The van der Waals surface area contributed by atoms with E-state index in [0.717, 1.165) is 66.0 Å². The van der Waals surface area contributed by atoms with Crippen LogP contribution in [0.2, 0.25) is 0 Å². The first-order valence-corrected chi connectivity index (χ1v) is 11.7. The van der Waals surface area contributed by atoms with Gasteiger partial charge in [-0.05, 0) is 49.2 Å². The molecule has 5 aromatic rings. The van der Waals surface area contributed by atoms with Crippen LogP contribution in [0.3, 0.4) is 0 Å². The van der Waals surface area contributed by atoms with Gasteiger partial charge in [-0.2, -0.15) is 0 Å². The Labute approximate surface area is 193 Å². The Morgan fingerprint density at radius 1 is 0.848 bits per heavy atom. The molecule has 1 aliphatic heterocycles. The molecule has 3 aromatic heterocycles. The summed E-state index contributed by atoms with van der Waals surface area (Å²) in [5.74, 6) is 2.93. The van der Waals surface area contributed by atoms with Crippen molar-refractivity contribution in [2.45, 2.75) is 32.2 Å². The van der Waals surface area contributed by atoms with Crippen molar-refractivity contribution in [2.75, 3.05) is 18.0 Å². The highest BCUT2D eigenvalue weighted by molar-refractivity contribution is 5.91. The van der Waals surface area contributed by atoms with Crippen LogP contribution in [-0.4, -0.2) is 37.6 Å². The van der Waals surface area contributed by atoms with Gasteiger partial charge in [0.2, 0.25) is 0 Å². The molecule has 0 bridgehead atoms. The van der Waals surface area contributed by atoms with Gasteiger partial charge in [-0.15, -0.1) is 0 Å². The van der Waals surface area contributed by atoms with Gasteiger partial charge < -0.3 is 9.47 Å². The molecule has 0 amide bonds. The standard InChI is InChI=1S/C27H26N6/c1-2-25-29-23-11-5-6-12-24(23)33(25)20-13-16-32(17-14-20)27-21-9-3-4-10-22(21)30-26(31-27)19-8-7-15-28-18-19/h3-12,15,18,20H,2,13-14,16-17H2,1H3. The third kappa shape index (κ3) is 3.52. The monoisotopic (exact) mass is 434 g/mol. The van der Waals surface area contributed by atoms with E-state index in [1.807, 2.05) is 24.4 Å². The largest absolute Gasteiger partial charge is 0.356 e. The lowest BCUT2D eigenvalue weighted by Crippen LogP contribution is -2.35. The molecule has 0 saturated carbocycles. The Bertz CT molecular complexity index is 1420. The molecule has 1 aliphatic rings. The maximum absolute atomic E-state index is 5.02. The highest BCUT2D eigenvalue weighted by atomic mass is 15.2. The molecule has 6 nitrogen and oxygen atoms in total. The van der Waals surface area contributed by atoms with E-state index in [-0.39, 0.29) is 0 Å². The van der Waals surface area contributed by atoms with Crippen LogP contribution >= 0.6 is 0 Å². The number of rotatable bonds is 4. The molecule has 0 radical (unpaired) electrons. The van der Waals surface area contributed by atoms with Crippen LogP contribution < -0.4 is 4.90 Å². The van der Waals surface area contributed by atoms with Gasteiger partial charge in [0.15, 0.2) is 5.82 Å². The van der Waals surface area contributed by atoms with E-state index in [0.29, 0.717) is 6.04 Å². The Kier molecular flexibility index (Phi) is 4.98. The Morgan fingerprint density at radius 3 is 2.42 bits per heavy atom. The Balaban J connectivity index is 1.34. The van der Waals surface area contributed by atoms with Crippen molar-refractivity contribution >= 4 is 27.8 Å². The van der Waals surface area contributed by atoms with E-state index >= 15 is 0 Å². The second-order valence-electron chi connectivity index (χ2n) is 8.59. The third-order valence-electron chi connectivity index (χ3n) is 6.62. The zero-order valence-corrected chi connectivity index (χ0v) is 18.7. The fraction of sp³-hybridized carbons (Fsp3) is 0.259. The molecule has 33 heavy (non-hydrogen) atoms. The molecule has 164 valence electrons. The number of pyridine rings is 1. The number of imidazole rings is 1. The van der Waals surface area contributed by atoms with Crippen molar-refractivity contribution < 1.29 is 0 Å². The van der Waals surface area contributed by atoms with Crippen molar-refractivity contribution in [3.05, 3.63) is 78.9 Å². The number of fused-ring (bicyclic) bond motifs is 2. The normalized spacial score (nSPS) is 14.9. The highest BCUT2D eigenvalue weighted by Crippen LogP contribution is 2.33. The number of hydrogen-bond acceptors (Lipinski definition) is 5. The number of aryl methyl sites for hydroxylation is 1. The fourth-order valence-electron chi connectivity index (χ4n) is 5.01. The van der Waals surface area contributed by atoms with Crippen molar-refractivity contribution in [1.29, 1.82) is 0 Å². The molecule has 1 saturated heterocycles. The summed E-state index contributed by atoms with van der Waals surface area (Å²) in [6.07, 6.45) is 6.68. The lowest BCUT2D eigenvalue weighted by Gasteiger charge is -2.35. The number of aromatic nitrogens is 5. The van der Waals surface area contributed by atoms with Crippen molar-refractivity contribution in [3.8, 4) is 11.4 Å². The molecule has 6 heteroatoms. The van der Waals surface area contributed by atoms with Gasteiger partial charge in [0.1, 0.15) is 11.6 Å². The van der Waals surface area contributed by atoms with Crippen molar-refractivity contribution in [2.24, 2.45) is 0 Å². The molecule has 0 unspecified atom stereocenters. The molecule has 0 atom stereocenters. The van der Waals surface area contributed by atoms with E-state index in [2.05, 4.69) is 63.8 Å². The van der Waals surface area contributed by atoms with E-state index < -0.39 is 0 Å². The van der Waals surface area contributed by atoms with Crippen LogP contribution in [0.4, 0.5) is 5.82 Å². The molecular formula is C27H26N6. The first-order valence-electron chi connectivity index (χ1n) is 11.7.